The van der Waals surface area contributed by atoms with Crippen LogP contribution in [0.3, 0.4) is 0 Å². The Kier molecular flexibility index (Phi) is 9.27. The highest BCUT2D eigenvalue weighted by Gasteiger charge is 2.54. The summed E-state index contributed by atoms with van der Waals surface area (Å²) in [5.74, 6) is -2.34. The maximum absolute atomic E-state index is 13.4. The molecule has 0 saturated carbocycles. The molecule has 0 radical (unpaired) electrons. The lowest BCUT2D eigenvalue weighted by Crippen LogP contribution is -2.71. The quantitative estimate of drug-likeness (QED) is 0.220. The molecule has 1 fully saturated rings. The van der Waals surface area contributed by atoms with Crippen molar-refractivity contribution in [3.63, 3.8) is 0 Å². The highest BCUT2D eigenvalue weighted by molar-refractivity contribution is 8.01. The van der Waals surface area contributed by atoms with Crippen molar-refractivity contribution in [2.24, 2.45) is 0 Å². The second-order valence-corrected chi connectivity index (χ2v) is 12.2. The van der Waals surface area contributed by atoms with Gasteiger partial charge in [-0.25, -0.2) is 9.59 Å². The number of carboxylic acid groups (broad SMARTS) is 1. The van der Waals surface area contributed by atoms with Crippen LogP contribution in [0.5, 0.6) is 0 Å². The van der Waals surface area contributed by atoms with Crippen LogP contribution in [0.1, 0.15) is 23.5 Å². The molecule has 1 saturated heterocycles. The number of β-lactam (4-membered cyclic amide) rings is 1. The summed E-state index contributed by atoms with van der Waals surface area (Å²) in [7, 11) is 1.28. The number of nitrogens with one attached hydrogen (secondary N) is 2. The Labute approximate surface area is 242 Å². The minimum atomic E-state index is -1.23. The van der Waals surface area contributed by atoms with Crippen molar-refractivity contribution in [3.8, 4) is 0 Å². The average molecular weight is 603 g/mol. The molecule has 15 heteroatoms. The molecule has 210 valence electrons. The van der Waals surface area contributed by atoms with E-state index in [1.807, 2.05) is 6.92 Å². The van der Waals surface area contributed by atoms with Crippen molar-refractivity contribution in [1.29, 1.82) is 0 Å². The first-order valence-electron chi connectivity index (χ1n) is 12.0. The smallest absolute Gasteiger partial charge is 0.352 e. The van der Waals surface area contributed by atoms with E-state index in [-0.39, 0.29) is 5.70 Å². The first-order chi connectivity index (χ1) is 19.1. The molecule has 3 heterocycles. The van der Waals surface area contributed by atoms with Gasteiger partial charge in [0.15, 0.2) is 4.34 Å². The number of aryl methyl sites for hydroxylation is 1. The maximum atomic E-state index is 13.4. The van der Waals surface area contributed by atoms with Crippen molar-refractivity contribution in [2.75, 3.05) is 18.6 Å². The van der Waals surface area contributed by atoms with Crippen molar-refractivity contribution in [1.82, 2.24) is 30.6 Å². The van der Waals surface area contributed by atoms with Gasteiger partial charge in [0, 0.05) is 18.6 Å². The molecule has 40 heavy (non-hydrogen) atoms. The Morgan fingerprint density at radius 2 is 1.98 bits per heavy atom. The van der Waals surface area contributed by atoms with Gasteiger partial charge in [-0.1, -0.05) is 59.5 Å². The third-order valence-electron chi connectivity index (χ3n) is 6.03. The fourth-order valence-corrected chi connectivity index (χ4v) is 7.34. The maximum Gasteiger partial charge on any atom is 0.352 e. The van der Waals surface area contributed by atoms with Crippen molar-refractivity contribution >= 4 is 64.6 Å². The summed E-state index contributed by atoms with van der Waals surface area (Å²) in [5, 5.41) is 23.3. The molecule has 12 nitrogen and oxygen atoms in total. The molecular weight excluding hydrogens is 577 g/mol. The van der Waals surface area contributed by atoms with E-state index in [1.54, 1.807) is 37.3 Å². The molecule has 2 aliphatic rings. The second-order valence-electron chi connectivity index (χ2n) is 8.72. The van der Waals surface area contributed by atoms with E-state index in [0.29, 0.717) is 27.0 Å². The van der Waals surface area contributed by atoms with Crippen LogP contribution >= 0.6 is 34.9 Å². The number of imide groups is 1. The van der Waals surface area contributed by atoms with Gasteiger partial charge in [-0.05, 0) is 31.1 Å². The standard InChI is InChI=1S/C25H26N6O6S3/c1-4-8-16(32)30(3)24(37)27-17(14-9-6-5-7-10-14)20(33)26-18-21(34)31-19(23(35)36)15(11-38-22(18)31)12-39-25-29-28-13(2)40-25/h4-10,17-18,22H,11-12H2,1-3H3,(H,26,33)(H,27,37)(H,35,36)/b8-4+/t17?,18?,22-/m0/s1. The predicted molar refractivity (Wildman–Crippen MR) is 150 cm³/mol. The predicted octanol–water partition coefficient (Wildman–Crippen LogP) is 2.16. The molecule has 2 unspecified atom stereocenters. The van der Waals surface area contributed by atoms with E-state index in [2.05, 4.69) is 20.8 Å². The largest absolute Gasteiger partial charge is 0.477 e. The van der Waals surface area contributed by atoms with Gasteiger partial charge in [-0.2, -0.15) is 0 Å². The number of thioether (sulfide) groups is 2. The lowest BCUT2D eigenvalue weighted by molar-refractivity contribution is -0.151. The number of hydrogen-bond acceptors (Lipinski definition) is 10. The van der Waals surface area contributed by atoms with Crippen molar-refractivity contribution < 1.29 is 29.1 Å². The van der Waals surface area contributed by atoms with Crippen LogP contribution in [-0.4, -0.2) is 84.8 Å². The van der Waals surface area contributed by atoms with E-state index < -0.39 is 47.2 Å². The lowest BCUT2D eigenvalue weighted by atomic mass is 10.0. The number of likely N-dealkylation sites (N-methyl/N-ethyl adjacent to an activating group) is 1. The molecule has 1 aromatic carbocycles. The first kappa shape index (κ1) is 29.3. The highest BCUT2D eigenvalue weighted by atomic mass is 32.2. The third kappa shape index (κ3) is 6.21. The van der Waals surface area contributed by atoms with Gasteiger partial charge in [0.25, 0.3) is 11.8 Å². The fourth-order valence-electron chi connectivity index (χ4n) is 4.04. The number of benzene rings is 1. The summed E-state index contributed by atoms with van der Waals surface area (Å²) in [6.07, 6.45) is 2.71. The lowest BCUT2D eigenvalue weighted by Gasteiger charge is -2.49. The topological polar surface area (TPSA) is 162 Å². The zero-order valence-corrected chi connectivity index (χ0v) is 24.1. The zero-order valence-electron chi connectivity index (χ0n) is 21.7. The van der Waals surface area contributed by atoms with Crippen LogP contribution in [0.2, 0.25) is 0 Å². The SMILES string of the molecule is C/C=C/C(=O)N(C)C(=O)NC(C(=O)NC1C(=O)N2C(C(=O)O)=C(CSc3nnc(C)s3)CS[C@@H]12)c1ccccc1. The monoisotopic (exact) mass is 602 g/mol. The molecule has 0 aliphatic carbocycles. The molecule has 2 aromatic rings. The van der Waals surface area contributed by atoms with Gasteiger partial charge in [0.05, 0.1) is 0 Å². The van der Waals surface area contributed by atoms with Crippen molar-refractivity contribution in [2.45, 2.75) is 35.6 Å². The Morgan fingerprint density at radius 1 is 1.25 bits per heavy atom. The first-order valence-corrected chi connectivity index (χ1v) is 14.9. The summed E-state index contributed by atoms with van der Waals surface area (Å²) in [5.41, 5.74) is 0.926. The van der Waals surface area contributed by atoms with E-state index in [9.17, 15) is 29.1 Å². The summed E-state index contributed by atoms with van der Waals surface area (Å²) < 4.78 is 0.703. The second kappa shape index (κ2) is 12.7. The number of carboxylic acids is 1. The number of aliphatic carboxylic acids is 1. The van der Waals surface area contributed by atoms with E-state index in [4.69, 9.17) is 0 Å². The Hall–Kier alpha value is -3.69. The van der Waals surface area contributed by atoms with Crippen LogP contribution < -0.4 is 10.6 Å². The van der Waals surface area contributed by atoms with Gasteiger partial charge in [-0.3, -0.25) is 24.2 Å². The number of carbonyl (C=O) groups excluding carboxylic acids is 4. The van der Waals surface area contributed by atoms with Gasteiger partial charge in [0.2, 0.25) is 5.91 Å². The minimum Gasteiger partial charge on any atom is -0.477 e. The summed E-state index contributed by atoms with van der Waals surface area (Å²) in [6, 6.07) is 5.40. The molecule has 1 aromatic heterocycles. The fraction of sp³-hybridized carbons (Fsp3) is 0.320. The molecule has 3 N–H and O–H groups in total. The summed E-state index contributed by atoms with van der Waals surface area (Å²) in [6.45, 7) is 3.46. The van der Waals surface area contributed by atoms with Crippen LogP contribution in [0.25, 0.3) is 0 Å². The zero-order chi connectivity index (χ0) is 29.0. The van der Waals surface area contributed by atoms with Crippen LogP contribution in [0.15, 0.2) is 58.1 Å². The van der Waals surface area contributed by atoms with Crippen LogP contribution in [-0.2, 0) is 19.2 Å². The Balaban J connectivity index is 1.49. The molecule has 0 bridgehead atoms. The number of nitrogens with zero attached hydrogens (tertiary/aromatic N) is 4. The number of amides is 5. The van der Waals surface area contributed by atoms with Gasteiger partial charge in [-0.15, -0.1) is 22.0 Å². The number of urea groups is 1. The van der Waals surface area contributed by atoms with Gasteiger partial charge < -0.3 is 15.7 Å². The number of fused-ring (bicyclic) bond motifs is 1. The highest BCUT2D eigenvalue weighted by Crippen LogP contribution is 2.42. The van der Waals surface area contributed by atoms with E-state index >= 15 is 0 Å². The number of allylic oxidation sites excluding steroid dienone is 1. The molecular formula is C25H26N6O6S3. The number of rotatable bonds is 9. The average Bonchev–Trinajstić information content (AvgIpc) is 3.37. The number of carbonyl (C=O) groups is 5. The molecule has 0 spiro atoms. The normalized spacial score (nSPS) is 19.1. The Bertz CT molecular complexity index is 1390. The van der Waals surface area contributed by atoms with E-state index in [0.717, 1.165) is 9.91 Å². The summed E-state index contributed by atoms with van der Waals surface area (Å²) in [4.78, 5) is 65.6. The van der Waals surface area contributed by atoms with Crippen LogP contribution in [0, 0.1) is 6.92 Å². The number of hydrogen-bond donors (Lipinski definition) is 3. The molecule has 5 amide bonds. The molecule has 4 rings (SSSR count). The molecule has 2 aliphatic heterocycles. The van der Waals surface area contributed by atoms with Gasteiger partial charge in [0.1, 0.15) is 28.2 Å². The number of aromatic nitrogens is 2. The third-order valence-corrected chi connectivity index (χ3v) is 9.43. The van der Waals surface area contributed by atoms with Crippen LogP contribution in [0.4, 0.5) is 4.79 Å². The molecule has 3 atom stereocenters. The summed E-state index contributed by atoms with van der Waals surface area (Å²) >= 11 is 4.10. The van der Waals surface area contributed by atoms with Crippen molar-refractivity contribution in [3.05, 3.63) is 64.3 Å². The minimum absolute atomic E-state index is 0.0926. The Morgan fingerprint density at radius 3 is 2.60 bits per heavy atom. The van der Waals surface area contributed by atoms with E-state index in [1.165, 1.54) is 59.0 Å². The van der Waals surface area contributed by atoms with Gasteiger partial charge >= 0.3 is 12.0 Å².